The number of anilines is 1. The van der Waals surface area contributed by atoms with Gasteiger partial charge >= 0.3 is 0 Å². The second kappa shape index (κ2) is 4.43. The van der Waals surface area contributed by atoms with Crippen molar-refractivity contribution in [2.45, 2.75) is 20.3 Å². The second-order valence-corrected chi connectivity index (χ2v) is 2.40. The Morgan fingerprint density at radius 2 is 2.42 bits per heavy atom. The molecule has 0 saturated heterocycles. The molecular weight excluding hydrogens is 152 g/mol. The molecule has 4 nitrogen and oxygen atoms in total. The first kappa shape index (κ1) is 8.64. The largest absolute Gasteiger partial charge is 0.260 e. The Labute approximate surface area is 71.7 Å². The fourth-order valence-corrected chi connectivity index (χ4v) is 0.589. The molecule has 0 aliphatic carbocycles. The normalized spacial score (nSPS) is 11.3. The van der Waals surface area contributed by atoms with Crippen LogP contribution in [0.25, 0.3) is 0 Å². The van der Waals surface area contributed by atoms with E-state index in [4.69, 9.17) is 0 Å². The molecule has 64 valence electrons. The maximum atomic E-state index is 4.08. The van der Waals surface area contributed by atoms with Crippen LogP contribution >= 0.6 is 0 Å². The van der Waals surface area contributed by atoms with Crippen molar-refractivity contribution in [2.24, 2.45) is 5.10 Å². The van der Waals surface area contributed by atoms with Gasteiger partial charge in [-0.2, -0.15) is 5.10 Å². The van der Waals surface area contributed by atoms with E-state index in [1.165, 1.54) is 0 Å². The standard InChI is InChI=1S/C8H12N4/c1-3-7(2)11-12-8-6-9-4-5-10-8/h4-6H,3H2,1-2H3,(H,10,12)/b11-7-. The number of aromatic nitrogens is 2. The first-order chi connectivity index (χ1) is 5.83. The molecule has 0 radical (unpaired) electrons. The Bertz CT molecular complexity index is 255. The van der Waals surface area contributed by atoms with Gasteiger partial charge in [0.25, 0.3) is 0 Å². The summed E-state index contributed by atoms with van der Waals surface area (Å²) in [7, 11) is 0. The zero-order valence-corrected chi connectivity index (χ0v) is 7.28. The van der Waals surface area contributed by atoms with Gasteiger partial charge in [-0.05, 0) is 13.3 Å². The average Bonchev–Trinajstić information content (AvgIpc) is 2.16. The van der Waals surface area contributed by atoms with Crippen molar-refractivity contribution in [1.29, 1.82) is 0 Å². The van der Waals surface area contributed by atoms with E-state index in [-0.39, 0.29) is 0 Å². The van der Waals surface area contributed by atoms with E-state index >= 15 is 0 Å². The lowest BCUT2D eigenvalue weighted by Gasteiger charge is -1.98. The van der Waals surface area contributed by atoms with Crippen molar-refractivity contribution in [3.8, 4) is 0 Å². The quantitative estimate of drug-likeness (QED) is 0.546. The first-order valence-electron chi connectivity index (χ1n) is 3.88. The van der Waals surface area contributed by atoms with E-state index in [0.717, 1.165) is 12.1 Å². The molecule has 0 amide bonds. The van der Waals surface area contributed by atoms with E-state index in [1.54, 1.807) is 18.6 Å². The highest BCUT2D eigenvalue weighted by Crippen LogP contribution is 1.96. The Morgan fingerprint density at radius 3 is 3.00 bits per heavy atom. The Hall–Kier alpha value is -1.45. The number of nitrogens with one attached hydrogen (secondary N) is 1. The Morgan fingerprint density at radius 1 is 1.58 bits per heavy atom. The number of hydrogen-bond donors (Lipinski definition) is 1. The van der Waals surface area contributed by atoms with Gasteiger partial charge in [-0.1, -0.05) is 6.92 Å². The van der Waals surface area contributed by atoms with Crippen LogP contribution in [-0.4, -0.2) is 15.7 Å². The van der Waals surface area contributed by atoms with Crippen molar-refractivity contribution in [3.05, 3.63) is 18.6 Å². The molecule has 0 bridgehead atoms. The van der Waals surface area contributed by atoms with E-state index < -0.39 is 0 Å². The summed E-state index contributed by atoms with van der Waals surface area (Å²) in [6.45, 7) is 4.01. The maximum Gasteiger partial charge on any atom is 0.164 e. The fourth-order valence-electron chi connectivity index (χ4n) is 0.589. The molecule has 1 aromatic rings. The molecule has 0 fully saturated rings. The fraction of sp³-hybridized carbons (Fsp3) is 0.375. The zero-order chi connectivity index (χ0) is 8.81. The molecule has 0 saturated carbocycles. The summed E-state index contributed by atoms with van der Waals surface area (Å²) >= 11 is 0. The van der Waals surface area contributed by atoms with Crippen molar-refractivity contribution in [1.82, 2.24) is 9.97 Å². The third-order valence-corrected chi connectivity index (χ3v) is 1.44. The smallest absolute Gasteiger partial charge is 0.164 e. The lowest BCUT2D eigenvalue weighted by molar-refractivity contribution is 1.14. The molecule has 1 rings (SSSR count). The van der Waals surface area contributed by atoms with Crippen LogP contribution < -0.4 is 5.43 Å². The summed E-state index contributed by atoms with van der Waals surface area (Å²) in [5.41, 5.74) is 3.85. The number of hydrazone groups is 1. The van der Waals surface area contributed by atoms with Crippen LogP contribution in [0.2, 0.25) is 0 Å². The number of rotatable bonds is 3. The van der Waals surface area contributed by atoms with Gasteiger partial charge in [-0.15, -0.1) is 0 Å². The van der Waals surface area contributed by atoms with Crippen LogP contribution in [0.1, 0.15) is 20.3 Å². The van der Waals surface area contributed by atoms with Gasteiger partial charge in [0.1, 0.15) is 0 Å². The summed E-state index contributed by atoms with van der Waals surface area (Å²) in [6, 6.07) is 0. The average molecular weight is 164 g/mol. The highest BCUT2D eigenvalue weighted by atomic mass is 15.3. The Balaban J connectivity index is 2.54. The summed E-state index contributed by atoms with van der Waals surface area (Å²) in [6.07, 6.45) is 5.82. The van der Waals surface area contributed by atoms with Crippen molar-refractivity contribution in [2.75, 3.05) is 5.43 Å². The Kier molecular flexibility index (Phi) is 3.19. The van der Waals surface area contributed by atoms with E-state index in [2.05, 4.69) is 27.4 Å². The predicted molar refractivity (Wildman–Crippen MR) is 49.1 cm³/mol. The molecule has 1 N–H and O–H groups in total. The summed E-state index contributed by atoms with van der Waals surface area (Å²) < 4.78 is 0. The van der Waals surface area contributed by atoms with E-state index in [1.807, 2.05) is 6.92 Å². The van der Waals surface area contributed by atoms with Crippen LogP contribution in [0.5, 0.6) is 0 Å². The molecule has 1 aromatic heterocycles. The minimum atomic E-state index is 0.672. The molecule has 0 aromatic carbocycles. The summed E-state index contributed by atoms with van der Waals surface area (Å²) in [5.74, 6) is 0.672. The summed E-state index contributed by atoms with van der Waals surface area (Å²) in [5, 5.41) is 4.08. The topological polar surface area (TPSA) is 50.2 Å². The minimum absolute atomic E-state index is 0.672. The van der Waals surface area contributed by atoms with Gasteiger partial charge in [0.2, 0.25) is 0 Å². The molecule has 12 heavy (non-hydrogen) atoms. The monoisotopic (exact) mass is 164 g/mol. The van der Waals surface area contributed by atoms with Crippen molar-refractivity contribution < 1.29 is 0 Å². The third-order valence-electron chi connectivity index (χ3n) is 1.44. The third kappa shape index (κ3) is 2.65. The van der Waals surface area contributed by atoms with E-state index in [0.29, 0.717) is 5.82 Å². The van der Waals surface area contributed by atoms with Crippen LogP contribution in [0.15, 0.2) is 23.7 Å². The molecule has 0 aliphatic heterocycles. The molecule has 1 heterocycles. The van der Waals surface area contributed by atoms with Gasteiger partial charge in [0, 0.05) is 18.1 Å². The van der Waals surface area contributed by atoms with Gasteiger partial charge in [0.05, 0.1) is 6.20 Å². The highest BCUT2D eigenvalue weighted by Gasteiger charge is 1.88. The molecule has 0 atom stereocenters. The zero-order valence-electron chi connectivity index (χ0n) is 7.28. The van der Waals surface area contributed by atoms with Gasteiger partial charge in [-0.3, -0.25) is 10.4 Å². The first-order valence-corrected chi connectivity index (χ1v) is 3.88. The van der Waals surface area contributed by atoms with Crippen LogP contribution in [0.3, 0.4) is 0 Å². The maximum absolute atomic E-state index is 4.08. The van der Waals surface area contributed by atoms with Crippen LogP contribution in [0.4, 0.5) is 5.82 Å². The lowest BCUT2D eigenvalue weighted by Crippen LogP contribution is -1.97. The number of hydrogen-bond acceptors (Lipinski definition) is 4. The molecule has 0 aliphatic rings. The SMILES string of the molecule is CC/C(C)=N\Nc1cnccn1. The molecule has 4 heteroatoms. The van der Waals surface area contributed by atoms with Crippen LogP contribution in [0, 0.1) is 0 Å². The molecule has 0 unspecified atom stereocenters. The summed E-state index contributed by atoms with van der Waals surface area (Å²) in [4.78, 5) is 7.90. The predicted octanol–water partition coefficient (Wildman–Crippen LogP) is 1.67. The second-order valence-electron chi connectivity index (χ2n) is 2.40. The van der Waals surface area contributed by atoms with Gasteiger partial charge in [-0.25, -0.2) is 4.98 Å². The van der Waals surface area contributed by atoms with Gasteiger partial charge < -0.3 is 0 Å². The highest BCUT2D eigenvalue weighted by molar-refractivity contribution is 5.82. The molecule has 0 spiro atoms. The van der Waals surface area contributed by atoms with E-state index in [9.17, 15) is 0 Å². The molecular formula is C8H12N4. The van der Waals surface area contributed by atoms with Gasteiger partial charge in [0.15, 0.2) is 5.82 Å². The number of nitrogens with zero attached hydrogens (tertiary/aromatic N) is 3. The minimum Gasteiger partial charge on any atom is -0.260 e. The van der Waals surface area contributed by atoms with Crippen LogP contribution in [-0.2, 0) is 0 Å². The van der Waals surface area contributed by atoms with Crippen molar-refractivity contribution >= 4 is 11.5 Å². The van der Waals surface area contributed by atoms with Crippen molar-refractivity contribution in [3.63, 3.8) is 0 Å². The lowest BCUT2D eigenvalue weighted by atomic mass is 10.3.